The van der Waals surface area contributed by atoms with Gasteiger partial charge in [-0.3, -0.25) is 0 Å². The van der Waals surface area contributed by atoms with E-state index in [2.05, 4.69) is 15.9 Å². The van der Waals surface area contributed by atoms with Crippen molar-refractivity contribution in [3.63, 3.8) is 0 Å². The van der Waals surface area contributed by atoms with Gasteiger partial charge in [0, 0.05) is 10.9 Å². The van der Waals surface area contributed by atoms with Crippen LogP contribution in [0.2, 0.25) is 0 Å². The number of aliphatic hydroxyl groups excluding tert-OH is 1. The molecule has 3 unspecified atom stereocenters. The first-order chi connectivity index (χ1) is 9.75. The average molecular weight is 339 g/mol. The van der Waals surface area contributed by atoms with E-state index in [1.54, 1.807) is 0 Å². The summed E-state index contributed by atoms with van der Waals surface area (Å²) in [5.41, 5.74) is 0.952. The highest BCUT2D eigenvalue weighted by atomic mass is 79.9. The summed E-state index contributed by atoms with van der Waals surface area (Å²) in [4.78, 5) is 0. The lowest BCUT2D eigenvalue weighted by Crippen LogP contribution is -2.06. The number of fused-ring (bicyclic) bond motifs is 2. The Morgan fingerprint density at radius 1 is 1.05 bits per heavy atom. The summed E-state index contributed by atoms with van der Waals surface area (Å²) in [6.45, 7) is 1.37. The molecule has 0 saturated heterocycles. The zero-order chi connectivity index (χ0) is 13.7. The second-order valence-electron chi connectivity index (χ2n) is 6.15. The number of halogens is 1. The summed E-state index contributed by atoms with van der Waals surface area (Å²) in [6, 6.07) is 3.90. The van der Waals surface area contributed by atoms with Crippen molar-refractivity contribution in [2.24, 2.45) is 17.8 Å². The van der Waals surface area contributed by atoms with Gasteiger partial charge >= 0.3 is 0 Å². The van der Waals surface area contributed by atoms with Crippen molar-refractivity contribution in [2.45, 2.75) is 31.8 Å². The molecular formula is C16H19BrO3. The van der Waals surface area contributed by atoms with Gasteiger partial charge in [-0.2, -0.15) is 0 Å². The fraction of sp³-hybridized carbons (Fsp3) is 0.625. The Labute approximate surface area is 127 Å². The van der Waals surface area contributed by atoms with E-state index in [0.29, 0.717) is 19.1 Å². The number of hydrogen-bond acceptors (Lipinski definition) is 3. The van der Waals surface area contributed by atoms with Crippen LogP contribution in [0.3, 0.4) is 0 Å². The lowest BCUT2D eigenvalue weighted by atomic mass is 9.99. The first-order valence-corrected chi connectivity index (χ1v) is 8.32. The largest absolute Gasteiger partial charge is 0.490 e. The molecule has 4 rings (SSSR count). The van der Waals surface area contributed by atoms with E-state index in [1.807, 2.05) is 12.1 Å². The number of aliphatic hydroxyl groups is 1. The van der Waals surface area contributed by atoms with Crippen LogP contribution >= 0.6 is 15.9 Å². The van der Waals surface area contributed by atoms with E-state index >= 15 is 0 Å². The van der Waals surface area contributed by atoms with Crippen LogP contribution in [0.5, 0.6) is 11.5 Å². The molecule has 2 aliphatic carbocycles. The van der Waals surface area contributed by atoms with Gasteiger partial charge in [-0.25, -0.2) is 0 Å². The van der Waals surface area contributed by atoms with E-state index in [-0.39, 0.29) is 6.10 Å². The molecule has 3 aliphatic rings. The predicted molar refractivity (Wildman–Crippen MR) is 79.0 cm³/mol. The average Bonchev–Trinajstić information content (AvgIpc) is 3.02. The van der Waals surface area contributed by atoms with Crippen LogP contribution < -0.4 is 9.47 Å². The van der Waals surface area contributed by atoms with Crippen LogP contribution in [0, 0.1) is 17.8 Å². The molecule has 20 heavy (non-hydrogen) atoms. The van der Waals surface area contributed by atoms with Gasteiger partial charge in [0.25, 0.3) is 0 Å². The van der Waals surface area contributed by atoms with Crippen molar-refractivity contribution in [1.82, 2.24) is 0 Å². The van der Waals surface area contributed by atoms with Crippen molar-refractivity contribution in [3.05, 3.63) is 22.2 Å². The minimum atomic E-state index is -0.378. The molecule has 0 bridgehead atoms. The maximum absolute atomic E-state index is 10.7. The van der Waals surface area contributed by atoms with Crippen LogP contribution in [0.25, 0.3) is 0 Å². The first-order valence-electron chi connectivity index (χ1n) is 7.53. The molecule has 1 heterocycles. The highest BCUT2D eigenvalue weighted by Gasteiger charge is 2.56. The molecule has 1 aromatic carbocycles. The van der Waals surface area contributed by atoms with E-state index in [0.717, 1.165) is 39.8 Å². The Morgan fingerprint density at radius 3 is 2.40 bits per heavy atom. The Kier molecular flexibility index (Phi) is 3.19. The van der Waals surface area contributed by atoms with Crippen molar-refractivity contribution in [2.75, 3.05) is 13.2 Å². The van der Waals surface area contributed by atoms with Crippen molar-refractivity contribution < 1.29 is 14.6 Å². The fourth-order valence-corrected chi connectivity index (χ4v) is 4.54. The zero-order valence-corrected chi connectivity index (χ0v) is 12.9. The maximum atomic E-state index is 10.7. The number of hydrogen-bond donors (Lipinski definition) is 1. The van der Waals surface area contributed by atoms with Gasteiger partial charge in [-0.05, 0) is 48.3 Å². The molecule has 2 fully saturated rings. The molecule has 0 amide bonds. The Hall–Kier alpha value is -0.740. The smallest absolute Gasteiger partial charge is 0.162 e. The molecule has 4 heteroatoms. The van der Waals surface area contributed by atoms with Crippen LogP contribution in [0.1, 0.15) is 37.4 Å². The summed E-state index contributed by atoms with van der Waals surface area (Å²) in [7, 11) is 0. The lowest BCUT2D eigenvalue weighted by Gasteiger charge is -2.17. The normalized spacial score (nSPS) is 32.4. The van der Waals surface area contributed by atoms with E-state index in [1.165, 1.54) is 19.3 Å². The number of rotatable bonds is 2. The van der Waals surface area contributed by atoms with Crippen LogP contribution in [0.15, 0.2) is 16.6 Å². The first kappa shape index (κ1) is 13.0. The minimum absolute atomic E-state index is 0.378. The summed E-state index contributed by atoms with van der Waals surface area (Å²) >= 11 is 3.58. The Balaban J connectivity index is 1.63. The third kappa shape index (κ3) is 2.04. The van der Waals surface area contributed by atoms with Gasteiger partial charge < -0.3 is 14.6 Å². The molecular weight excluding hydrogens is 320 g/mol. The van der Waals surface area contributed by atoms with Gasteiger partial charge in [0.1, 0.15) is 0 Å². The molecule has 3 nitrogen and oxygen atoms in total. The number of benzene rings is 1. The molecule has 1 aromatic rings. The van der Waals surface area contributed by atoms with Crippen molar-refractivity contribution in [1.29, 1.82) is 0 Å². The van der Waals surface area contributed by atoms with Gasteiger partial charge in [-0.1, -0.05) is 22.4 Å². The molecule has 3 atom stereocenters. The third-order valence-corrected chi connectivity index (χ3v) is 5.71. The second-order valence-corrected chi connectivity index (χ2v) is 7.01. The highest BCUT2D eigenvalue weighted by Crippen LogP contribution is 2.62. The molecule has 1 aliphatic heterocycles. The van der Waals surface area contributed by atoms with Crippen LogP contribution in [-0.4, -0.2) is 18.3 Å². The summed E-state index contributed by atoms with van der Waals surface area (Å²) in [5, 5.41) is 10.7. The monoisotopic (exact) mass is 338 g/mol. The fourth-order valence-electron chi connectivity index (χ4n) is 3.98. The van der Waals surface area contributed by atoms with Gasteiger partial charge in [0.05, 0.1) is 19.3 Å². The van der Waals surface area contributed by atoms with Gasteiger partial charge in [0.15, 0.2) is 11.5 Å². The quantitative estimate of drug-likeness (QED) is 0.893. The van der Waals surface area contributed by atoms with Crippen molar-refractivity contribution >= 4 is 15.9 Å². The van der Waals surface area contributed by atoms with E-state index in [9.17, 15) is 5.11 Å². The molecule has 108 valence electrons. The van der Waals surface area contributed by atoms with Gasteiger partial charge in [0.2, 0.25) is 0 Å². The molecule has 1 N–H and O–H groups in total. The number of ether oxygens (including phenoxy) is 2. The van der Waals surface area contributed by atoms with Crippen molar-refractivity contribution in [3.8, 4) is 11.5 Å². The summed E-state index contributed by atoms with van der Waals surface area (Å²) in [5.74, 6) is 3.48. The van der Waals surface area contributed by atoms with Crippen LogP contribution in [-0.2, 0) is 0 Å². The molecule has 0 aromatic heterocycles. The highest BCUT2D eigenvalue weighted by molar-refractivity contribution is 9.10. The molecule has 0 radical (unpaired) electrons. The SMILES string of the molecule is OC(c1cc2c(cc1Br)OCCCO2)C1C2CCCC21. The Morgan fingerprint density at radius 2 is 1.70 bits per heavy atom. The Bertz CT molecular complexity index is 521. The van der Waals surface area contributed by atoms with E-state index < -0.39 is 0 Å². The zero-order valence-electron chi connectivity index (χ0n) is 11.3. The second kappa shape index (κ2) is 4.92. The van der Waals surface area contributed by atoms with E-state index in [4.69, 9.17) is 9.47 Å². The maximum Gasteiger partial charge on any atom is 0.162 e. The molecule has 2 saturated carbocycles. The molecule has 0 spiro atoms. The topological polar surface area (TPSA) is 38.7 Å². The predicted octanol–water partition coefficient (Wildman–Crippen LogP) is 3.69. The van der Waals surface area contributed by atoms with Gasteiger partial charge in [-0.15, -0.1) is 0 Å². The third-order valence-electron chi connectivity index (χ3n) is 5.02. The summed E-state index contributed by atoms with van der Waals surface area (Å²) in [6.07, 6.45) is 4.43. The standard InChI is InChI=1S/C16H19BrO3/c17-12-8-14-13(19-5-2-6-20-14)7-11(12)16(18)15-9-3-1-4-10(9)15/h7-10,15-16,18H,1-6H2. The van der Waals surface area contributed by atoms with Crippen LogP contribution in [0.4, 0.5) is 0 Å². The summed E-state index contributed by atoms with van der Waals surface area (Å²) < 4.78 is 12.3. The minimum Gasteiger partial charge on any atom is -0.490 e. The lowest BCUT2D eigenvalue weighted by molar-refractivity contribution is 0.136.